The maximum atomic E-state index is 13.3. The van der Waals surface area contributed by atoms with Crippen molar-refractivity contribution in [3.8, 4) is 16.9 Å². The first-order valence-corrected chi connectivity index (χ1v) is 17.2. The van der Waals surface area contributed by atoms with E-state index >= 15 is 0 Å². The standard InChI is InChI=1S/C39H49N7O5/c1-7-46(8-2)24-23-45(5)37(48)30-14-16-31(17-15-30)42-38-41-21-20-35(43-38)44-39(49)51-34-26-29(13-19-36(47)40-22-25-50-6)12-18-33(34)32-11-9-10-27(3)28(32)4/h9-12,14-18,20-21,26H,7-8,13,19,22-25H2,1-6H3,(H,40,47)(H2,41,42,43,44,49). The molecule has 270 valence electrons. The lowest BCUT2D eigenvalue weighted by Crippen LogP contribution is -2.36. The number of hydrogen-bond donors (Lipinski definition) is 3. The van der Waals surface area contributed by atoms with E-state index in [0.29, 0.717) is 43.1 Å². The van der Waals surface area contributed by atoms with Crippen LogP contribution in [0, 0.1) is 13.8 Å². The van der Waals surface area contributed by atoms with Gasteiger partial charge in [0, 0.05) is 63.2 Å². The highest BCUT2D eigenvalue weighted by Crippen LogP contribution is 2.35. The molecule has 0 aliphatic heterocycles. The van der Waals surface area contributed by atoms with Crippen molar-refractivity contribution < 1.29 is 23.9 Å². The lowest BCUT2D eigenvalue weighted by atomic mass is 9.95. The molecule has 1 aromatic heterocycles. The Bertz CT molecular complexity index is 1780. The predicted octanol–water partition coefficient (Wildman–Crippen LogP) is 6.22. The first-order chi connectivity index (χ1) is 24.6. The SMILES string of the molecule is CCN(CC)CCN(C)C(=O)c1ccc(Nc2nccc(NC(=O)Oc3cc(CCC(=O)NCCOC)ccc3-c3cccc(C)c3C)n2)cc1. The topological polar surface area (TPSA) is 138 Å². The van der Waals surface area contributed by atoms with Gasteiger partial charge in [0.25, 0.3) is 5.91 Å². The van der Waals surface area contributed by atoms with Crippen LogP contribution < -0.4 is 20.7 Å². The molecule has 4 aromatic rings. The summed E-state index contributed by atoms with van der Waals surface area (Å²) >= 11 is 0. The fraction of sp³-hybridized carbons (Fsp3) is 0.359. The molecular formula is C39H49N7O5. The number of ether oxygens (including phenoxy) is 2. The number of aryl methyl sites for hydroxylation is 2. The minimum absolute atomic E-state index is 0.0515. The minimum atomic E-state index is -0.728. The van der Waals surface area contributed by atoms with Crippen molar-refractivity contribution >= 4 is 35.4 Å². The van der Waals surface area contributed by atoms with Gasteiger partial charge in [0.15, 0.2) is 0 Å². The molecule has 0 spiro atoms. The predicted molar refractivity (Wildman–Crippen MR) is 201 cm³/mol. The molecule has 3 N–H and O–H groups in total. The zero-order valence-electron chi connectivity index (χ0n) is 30.4. The zero-order chi connectivity index (χ0) is 36.8. The summed E-state index contributed by atoms with van der Waals surface area (Å²) in [5, 5.41) is 8.65. The van der Waals surface area contributed by atoms with Gasteiger partial charge in [0.2, 0.25) is 11.9 Å². The molecule has 0 aliphatic carbocycles. The first-order valence-electron chi connectivity index (χ1n) is 17.2. The molecule has 0 saturated carbocycles. The second-order valence-corrected chi connectivity index (χ2v) is 12.2. The average molecular weight is 696 g/mol. The summed E-state index contributed by atoms with van der Waals surface area (Å²) in [5.41, 5.74) is 5.98. The molecule has 3 amide bonds. The summed E-state index contributed by atoms with van der Waals surface area (Å²) in [4.78, 5) is 51.2. The van der Waals surface area contributed by atoms with Gasteiger partial charge < -0.3 is 29.9 Å². The van der Waals surface area contributed by atoms with Crippen LogP contribution in [0.5, 0.6) is 5.75 Å². The number of amides is 3. The van der Waals surface area contributed by atoms with Crippen LogP contribution in [0.3, 0.4) is 0 Å². The summed E-state index contributed by atoms with van der Waals surface area (Å²) in [6.45, 7) is 12.5. The van der Waals surface area contributed by atoms with E-state index in [2.05, 4.69) is 44.7 Å². The Morgan fingerprint density at radius 3 is 2.39 bits per heavy atom. The molecule has 12 heteroatoms. The molecule has 0 aliphatic rings. The number of aromatic nitrogens is 2. The van der Waals surface area contributed by atoms with Gasteiger partial charge in [-0.1, -0.05) is 44.2 Å². The lowest BCUT2D eigenvalue weighted by Gasteiger charge is -2.23. The number of nitrogens with one attached hydrogen (secondary N) is 3. The van der Waals surface area contributed by atoms with Crippen molar-refractivity contribution in [2.75, 3.05) is 64.1 Å². The van der Waals surface area contributed by atoms with Crippen LogP contribution in [0.4, 0.5) is 22.2 Å². The molecule has 0 radical (unpaired) electrons. The number of hydrogen-bond acceptors (Lipinski definition) is 9. The van der Waals surface area contributed by atoms with Gasteiger partial charge in [0.05, 0.1) is 6.61 Å². The quantitative estimate of drug-likeness (QED) is 0.110. The molecule has 12 nitrogen and oxygen atoms in total. The third kappa shape index (κ3) is 11.3. The van der Waals surface area contributed by atoms with E-state index in [0.717, 1.165) is 47.5 Å². The van der Waals surface area contributed by atoms with Crippen molar-refractivity contribution in [3.05, 3.63) is 95.2 Å². The Morgan fingerprint density at radius 2 is 1.67 bits per heavy atom. The van der Waals surface area contributed by atoms with Crippen LogP contribution in [0.1, 0.15) is 47.3 Å². The number of carbonyl (C=O) groups is 3. The third-order valence-electron chi connectivity index (χ3n) is 8.68. The molecular weight excluding hydrogens is 646 g/mol. The summed E-state index contributed by atoms with van der Waals surface area (Å²) in [7, 11) is 3.39. The summed E-state index contributed by atoms with van der Waals surface area (Å²) in [5.74, 6) is 0.711. The van der Waals surface area contributed by atoms with Crippen molar-refractivity contribution in [3.63, 3.8) is 0 Å². The van der Waals surface area contributed by atoms with E-state index in [1.807, 2.05) is 51.2 Å². The highest BCUT2D eigenvalue weighted by molar-refractivity contribution is 5.94. The monoisotopic (exact) mass is 695 g/mol. The number of benzene rings is 3. The van der Waals surface area contributed by atoms with Gasteiger partial charge in [-0.05, 0) is 92.0 Å². The van der Waals surface area contributed by atoms with Crippen LogP contribution in [0.25, 0.3) is 11.1 Å². The number of carbonyl (C=O) groups excluding carboxylic acids is 3. The number of methoxy groups -OCH3 is 1. The molecule has 51 heavy (non-hydrogen) atoms. The first kappa shape index (κ1) is 38.5. The molecule has 0 fully saturated rings. The maximum Gasteiger partial charge on any atom is 0.418 e. The molecule has 0 bridgehead atoms. The van der Waals surface area contributed by atoms with Gasteiger partial charge in [-0.25, -0.2) is 9.78 Å². The Morgan fingerprint density at radius 1 is 0.902 bits per heavy atom. The summed E-state index contributed by atoms with van der Waals surface area (Å²) < 4.78 is 10.9. The summed E-state index contributed by atoms with van der Waals surface area (Å²) in [6.07, 6.45) is 1.54. The molecule has 0 unspecified atom stereocenters. The maximum absolute atomic E-state index is 13.3. The van der Waals surface area contributed by atoms with Gasteiger partial charge >= 0.3 is 6.09 Å². The van der Waals surface area contributed by atoms with Crippen molar-refractivity contribution in [2.24, 2.45) is 0 Å². The van der Waals surface area contributed by atoms with E-state index in [1.54, 1.807) is 48.4 Å². The van der Waals surface area contributed by atoms with Crippen LogP contribution in [0.2, 0.25) is 0 Å². The third-order valence-corrected chi connectivity index (χ3v) is 8.68. The van der Waals surface area contributed by atoms with E-state index in [9.17, 15) is 14.4 Å². The second-order valence-electron chi connectivity index (χ2n) is 12.2. The Labute approximate surface area is 300 Å². The average Bonchev–Trinajstić information content (AvgIpc) is 3.12. The van der Waals surface area contributed by atoms with Gasteiger partial charge in [0.1, 0.15) is 11.6 Å². The normalized spacial score (nSPS) is 10.9. The highest BCUT2D eigenvalue weighted by atomic mass is 16.6. The number of anilines is 3. The van der Waals surface area contributed by atoms with Gasteiger partial charge in [-0.15, -0.1) is 0 Å². The van der Waals surface area contributed by atoms with E-state index in [-0.39, 0.29) is 30.0 Å². The molecule has 3 aromatic carbocycles. The molecule has 1 heterocycles. The fourth-order valence-corrected chi connectivity index (χ4v) is 5.41. The number of nitrogens with zero attached hydrogens (tertiary/aromatic N) is 4. The molecule has 0 saturated heterocycles. The number of likely N-dealkylation sites (N-methyl/N-ethyl adjacent to an activating group) is 2. The van der Waals surface area contributed by atoms with Crippen LogP contribution in [-0.4, -0.2) is 91.2 Å². The molecule has 0 atom stereocenters. The Hall–Kier alpha value is -5.33. The van der Waals surface area contributed by atoms with Gasteiger partial charge in [-0.3, -0.25) is 14.9 Å². The van der Waals surface area contributed by atoms with Crippen LogP contribution in [-0.2, 0) is 16.0 Å². The summed E-state index contributed by atoms with van der Waals surface area (Å²) in [6, 6.07) is 20.3. The van der Waals surface area contributed by atoms with Gasteiger partial charge in [-0.2, -0.15) is 4.98 Å². The van der Waals surface area contributed by atoms with Crippen molar-refractivity contribution in [2.45, 2.75) is 40.5 Å². The van der Waals surface area contributed by atoms with Crippen molar-refractivity contribution in [1.82, 2.24) is 25.1 Å². The fourth-order valence-electron chi connectivity index (χ4n) is 5.41. The lowest BCUT2D eigenvalue weighted by molar-refractivity contribution is -0.121. The van der Waals surface area contributed by atoms with Crippen LogP contribution in [0.15, 0.2) is 72.9 Å². The van der Waals surface area contributed by atoms with E-state index in [4.69, 9.17) is 9.47 Å². The van der Waals surface area contributed by atoms with Crippen LogP contribution >= 0.6 is 0 Å². The number of rotatable bonds is 17. The second kappa shape index (κ2) is 19.2. The Kier molecular flexibility index (Phi) is 14.5. The van der Waals surface area contributed by atoms with E-state index < -0.39 is 6.09 Å². The Balaban J connectivity index is 1.43. The van der Waals surface area contributed by atoms with Crippen molar-refractivity contribution in [1.29, 1.82) is 0 Å². The highest BCUT2D eigenvalue weighted by Gasteiger charge is 2.17. The zero-order valence-corrected chi connectivity index (χ0v) is 30.4. The molecule has 4 rings (SSSR count). The smallest absolute Gasteiger partial charge is 0.409 e. The largest absolute Gasteiger partial charge is 0.418 e. The minimum Gasteiger partial charge on any atom is -0.409 e. The van der Waals surface area contributed by atoms with E-state index in [1.165, 1.54) is 6.20 Å².